The van der Waals surface area contributed by atoms with E-state index < -0.39 is 15.1 Å². The lowest BCUT2D eigenvalue weighted by Crippen LogP contribution is -2.33. The van der Waals surface area contributed by atoms with Crippen molar-refractivity contribution >= 4 is 15.7 Å². The van der Waals surface area contributed by atoms with Gasteiger partial charge in [0.2, 0.25) is 5.91 Å². The van der Waals surface area contributed by atoms with E-state index in [-0.39, 0.29) is 18.2 Å². The van der Waals surface area contributed by atoms with Gasteiger partial charge in [-0.2, -0.15) is 0 Å². The topological polar surface area (TPSA) is 63.2 Å². The zero-order valence-corrected chi connectivity index (χ0v) is 8.14. The van der Waals surface area contributed by atoms with Crippen molar-refractivity contribution < 1.29 is 13.2 Å². The molecule has 1 aliphatic heterocycles. The Morgan fingerprint density at radius 3 is 2.77 bits per heavy atom. The molecule has 1 rings (SSSR count). The molecule has 0 aromatic rings. The van der Waals surface area contributed by atoms with Crippen LogP contribution in [0.3, 0.4) is 0 Å². The van der Waals surface area contributed by atoms with Crippen LogP contribution in [0.2, 0.25) is 0 Å². The summed E-state index contributed by atoms with van der Waals surface area (Å²) in [6.07, 6.45) is 2.50. The van der Waals surface area contributed by atoms with Gasteiger partial charge in [0.1, 0.15) is 0 Å². The van der Waals surface area contributed by atoms with Crippen LogP contribution in [0.15, 0.2) is 12.7 Å². The molecular weight excluding hydrogens is 190 g/mol. The standard InChI is InChI=1S/C8H13NO3S/c1-2-8(10)9-6-7-4-3-5-13(7,11)12/h2,7H,1,3-6H2,(H,9,10). The van der Waals surface area contributed by atoms with Gasteiger partial charge < -0.3 is 5.32 Å². The van der Waals surface area contributed by atoms with Crippen LogP contribution in [0.4, 0.5) is 0 Å². The molecule has 1 unspecified atom stereocenters. The highest BCUT2D eigenvalue weighted by atomic mass is 32.2. The minimum absolute atomic E-state index is 0.215. The lowest BCUT2D eigenvalue weighted by molar-refractivity contribution is -0.116. The van der Waals surface area contributed by atoms with E-state index in [2.05, 4.69) is 11.9 Å². The summed E-state index contributed by atoms with van der Waals surface area (Å²) >= 11 is 0. The Kier molecular flexibility index (Phi) is 3.08. The van der Waals surface area contributed by atoms with Gasteiger partial charge in [-0.25, -0.2) is 8.42 Å². The summed E-state index contributed by atoms with van der Waals surface area (Å²) in [6, 6.07) is 0. The van der Waals surface area contributed by atoms with Crippen molar-refractivity contribution in [1.29, 1.82) is 0 Å². The second kappa shape index (κ2) is 3.91. The van der Waals surface area contributed by atoms with Gasteiger partial charge in [0.05, 0.1) is 11.0 Å². The highest BCUT2D eigenvalue weighted by molar-refractivity contribution is 7.92. The van der Waals surface area contributed by atoms with Crippen LogP contribution in [0, 0.1) is 0 Å². The fourth-order valence-corrected chi connectivity index (χ4v) is 3.14. The second-order valence-electron chi connectivity index (χ2n) is 3.08. The molecule has 1 atom stereocenters. The quantitative estimate of drug-likeness (QED) is 0.650. The molecule has 74 valence electrons. The van der Waals surface area contributed by atoms with Gasteiger partial charge in [-0.15, -0.1) is 0 Å². The number of carbonyl (C=O) groups is 1. The van der Waals surface area contributed by atoms with Crippen molar-refractivity contribution in [2.24, 2.45) is 0 Å². The zero-order chi connectivity index (χ0) is 9.90. The highest BCUT2D eigenvalue weighted by Gasteiger charge is 2.30. The Bertz CT molecular complexity index is 307. The van der Waals surface area contributed by atoms with E-state index in [0.717, 1.165) is 6.08 Å². The van der Waals surface area contributed by atoms with E-state index >= 15 is 0 Å². The van der Waals surface area contributed by atoms with E-state index in [0.29, 0.717) is 12.8 Å². The van der Waals surface area contributed by atoms with Crippen LogP contribution in [0.5, 0.6) is 0 Å². The third-order valence-corrected chi connectivity index (χ3v) is 4.43. The molecule has 0 saturated carbocycles. The molecule has 1 amide bonds. The number of hydrogen-bond acceptors (Lipinski definition) is 3. The summed E-state index contributed by atoms with van der Waals surface area (Å²) < 4.78 is 22.6. The number of carbonyl (C=O) groups excluding carboxylic acids is 1. The molecule has 0 spiro atoms. The van der Waals surface area contributed by atoms with E-state index in [1.165, 1.54) is 0 Å². The van der Waals surface area contributed by atoms with Crippen molar-refractivity contribution in [3.05, 3.63) is 12.7 Å². The Hall–Kier alpha value is -0.840. The lowest BCUT2D eigenvalue weighted by atomic mass is 10.2. The number of rotatable bonds is 3. The summed E-state index contributed by atoms with van der Waals surface area (Å²) in [6.45, 7) is 3.50. The van der Waals surface area contributed by atoms with Crippen LogP contribution in [-0.4, -0.2) is 31.9 Å². The summed E-state index contributed by atoms with van der Waals surface area (Å²) in [5.41, 5.74) is 0. The Morgan fingerprint density at radius 2 is 2.31 bits per heavy atom. The first-order valence-electron chi connectivity index (χ1n) is 4.18. The molecule has 0 aromatic carbocycles. The molecule has 13 heavy (non-hydrogen) atoms. The van der Waals surface area contributed by atoms with Crippen LogP contribution < -0.4 is 5.32 Å². The van der Waals surface area contributed by atoms with Crippen LogP contribution >= 0.6 is 0 Å². The highest BCUT2D eigenvalue weighted by Crippen LogP contribution is 2.18. The first-order chi connectivity index (χ1) is 6.06. The molecule has 0 aromatic heterocycles. The fourth-order valence-electron chi connectivity index (χ4n) is 1.37. The van der Waals surface area contributed by atoms with Gasteiger partial charge in [0.15, 0.2) is 9.84 Å². The maximum Gasteiger partial charge on any atom is 0.243 e. The van der Waals surface area contributed by atoms with Crippen LogP contribution in [0.1, 0.15) is 12.8 Å². The Balaban J connectivity index is 2.46. The summed E-state index contributed by atoms with van der Waals surface area (Å²) in [4.78, 5) is 10.8. The number of amides is 1. The molecule has 0 bridgehead atoms. The number of sulfone groups is 1. The van der Waals surface area contributed by atoms with Crippen molar-refractivity contribution in [3.8, 4) is 0 Å². The maximum atomic E-state index is 11.3. The molecule has 4 nitrogen and oxygen atoms in total. The largest absolute Gasteiger partial charge is 0.351 e. The van der Waals surface area contributed by atoms with Gasteiger partial charge in [-0.1, -0.05) is 6.58 Å². The van der Waals surface area contributed by atoms with E-state index in [1.54, 1.807) is 0 Å². The molecular formula is C8H13NO3S. The Morgan fingerprint density at radius 1 is 1.62 bits per heavy atom. The van der Waals surface area contributed by atoms with Gasteiger partial charge in [-0.3, -0.25) is 4.79 Å². The summed E-state index contributed by atoms with van der Waals surface area (Å²) in [5, 5.41) is 2.10. The molecule has 1 N–H and O–H groups in total. The normalized spacial score (nSPS) is 25.4. The van der Waals surface area contributed by atoms with Crippen molar-refractivity contribution in [1.82, 2.24) is 5.32 Å². The van der Waals surface area contributed by atoms with Gasteiger partial charge in [-0.05, 0) is 18.9 Å². The lowest BCUT2D eigenvalue weighted by Gasteiger charge is -2.08. The summed E-state index contributed by atoms with van der Waals surface area (Å²) in [5.74, 6) is -0.0659. The predicted molar refractivity (Wildman–Crippen MR) is 50.0 cm³/mol. The molecule has 1 fully saturated rings. The first kappa shape index (κ1) is 10.2. The molecule has 1 aliphatic rings. The predicted octanol–water partition coefficient (Wildman–Crippen LogP) is -0.134. The van der Waals surface area contributed by atoms with Gasteiger partial charge in [0.25, 0.3) is 0 Å². The first-order valence-corrected chi connectivity index (χ1v) is 5.89. The van der Waals surface area contributed by atoms with Gasteiger partial charge >= 0.3 is 0 Å². The molecule has 1 heterocycles. The number of hydrogen-bond donors (Lipinski definition) is 1. The SMILES string of the molecule is C=CC(=O)NCC1CCCS1(=O)=O. The smallest absolute Gasteiger partial charge is 0.243 e. The fraction of sp³-hybridized carbons (Fsp3) is 0.625. The van der Waals surface area contributed by atoms with E-state index in [4.69, 9.17) is 0 Å². The van der Waals surface area contributed by atoms with E-state index in [9.17, 15) is 13.2 Å². The minimum Gasteiger partial charge on any atom is -0.351 e. The Labute approximate surface area is 77.9 Å². The van der Waals surface area contributed by atoms with Crippen molar-refractivity contribution in [2.45, 2.75) is 18.1 Å². The molecule has 0 radical (unpaired) electrons. The van der Waals surface area contributed by atoms with Crippen LogP contribution in [0.25, 0.3) is 0 Å². The molecule has 0 aliphatic carbocycles. The molecule has 5 heteroatoms. The zero-order valence-electron chi connectivity index (χ0n) is 7.32. The van der Waals surface area contributed by atoms with Gasteiger partial charge in [0, 0.05) is 6.54 Å². The van der Waals surface area contributed by atoms with Crippen molar-refractivity contribution in [3.63, 3.8) is 0 Å². The van der Waals surface area contributed by atoms with Crippen LogP contribution in [-0.2, 0) is 14.6 Å². The second-order valence-corrected chi connectivity index (χ2v) is 5.48. The third kappa shape index (κ3) is 2.55. The van der Waals surface area contributed by atoms with E-state index in [1.807, 2.05) is 0 Å². The van der Waals surface area contributed by atoms with Crippen molar-refractivity contribution in [2.75, 3.05) is 12.3 Å². The average Bonchev–Trinajstić information content (AvgIpc) is 2.41. The monoisotopic (exact) mass is 203 g/mol. The summed E-state index contributed by atoms with van der Waals surface area (Å²) in [7, 11) is -2.94. The number of nitrogens with one attached hydrogen (secondary N) is 1. The third-order valence-electron chi connectivity index (χ3n) is 2.15. The minimum atomic E-state index is -2.94. The molecule has 1 saturated heterocycles. The maximum absolute atomic E-state index is 11.3. The average molecular weight is 203 g/mol.